The van der Waals surface area contributed by atoms with E-state index in [-0.39, 0.29) is 12.5 Å². The van der Waals surface area contributed by atoms with Crippen LogP contribution in [0.3, 0.4) is 0 Å². The highest BCUT2D eigenvalue weighted by Gasteiger charge is 2.33. The minimum atomic E-state index is 0.0248. The number of aromatic nitrogens is 1. The molecule has 1 fully saturated rings. The molecule has 1 heterocycles. The van der Waals surface area contributed by atoms with Crippen molar-refractivity contribution in [1.29, 1.82) is 0 Å². The fraction of sp³-hybridized carbons (Fsp3) is 0.526. The van der Waals surface area contributed by atoms with E-state index in [1.165, 1.54) is 23.1 Å². The lowest BCUT2D eigenvalue weighted by Gasteiger charge is -2.21. The molecule has 2 aliphatic carbocycles. The number of aryl methyl sites for hydroxylation is 1. The van der Waals surface area contributed by atoms with Gasteiger partial charge in [0.1, 0.15) is 0 Å². The Bertz CT molecular complexity index is 745. The van der Waals surface area contributed by atoms with E-state index in [0.717, 1.165) is 36.8 Å². The fourth-order valence-corrected chi connectivity index (χ4v) is 3.89. The number of aromatic amines is 1. The van der Waals surface area contributed by atoms with Crippen LogP contribution in [-0.4, -0.2) is 40.1 Å². The second kappa shape index (κ2) is 5.68. The van der Waals surface area contributed by atoms with Gasteiger partial charge in [-0.15, -0.1) is 0 Å². The predicted molar refractivity (Wildman–Crippen MR) is 90.6 cm³/mol. The Labute approximate surface area is 136 Å². The van der Waals surface area contributed by atoms with Gasteiger partial charge < -0.3 is 15.0 Å². The molecule has 1 amide bonds. The number of benzene rings is 1. The van der Waals surface area contributed by atoms with E-state index in [0.29, 0.717) is 18.5 Å². The highest BCUT2D eigenvalue weighted by Crippen LogP contribution is 2.34. The second-order valence-electron chi connectivity index (χ2n) is 7.11. The Morgan fingerprint density at radius 3 is 2.91 bits per heavy atom. The third-order valence-electron chi connectivity index (χ3n) is 5.29. The summed E-state index contributed by atoms with van der Waals surface area (Å²) < 4.78 is 0. The number of aliphatic hydroxyl groups is 1. The number of H-pyrrole nitrogens is 1. The maximum atomic E-state index is 13.0. The Hall–Kier alpha value is -1.81. The summed E-state index contributed by atoms with van der Waals surface area (Å²) in [6, 6.07) is 6.36. The number of nitrogens with one attached hydrogen (secondary N) is 1. The van der Waals surface area contributed by atoms with E-state index in [4.69, 9.17) is 0 Å². The van der Waals surface area contributed by atoms with Crippen LogP contribution in [-0.2, 0) is 12.8 Å². The number of carbonyl (C=O) groups is 1. The van der Waals surface area contributed by atoms with Crippen LogP contribution >= 0.6 is 0 Å². The van der Waals surface area contributed by atoms with Crippen molar-refractivity contribution in [3.05, 3.63) is 35.0 Å². The quantitative estimate of drug-likeness (QED) is 0.912. The van der Waals surface area contributed by atoms with Crippen LogP contribution in [0.5, 0.6) is 0 Å². The maximum absolute atomic E-state index is 13.0. The van der Waals surface area contributed by atoms with E-state index in [1.54, 1.807) is 0 Å². The predicted octanol–water partition coefficient (Wildman–Crippen LogP) is 2.89. The van der Waals surface area contributed by atoms with E-state index in [9.17, 15) is 9.90 Å². The molecule has 4 nitrogen and oxygen atoms in total. The summed E-state index contributed by atoms with van der Waals surface area (Å²) in [7, 11) is 0. The van der Waals surface area contributed by atoms with Crippen LogP contribution in [0.25, 0.3) is 10.9 Å². The number of para-hydroxylation sites is 1. The van der Waals surface area contributed by atoms with Crippen molar-refractivity contribution in [2.24, 2.45) is 5.92 Å². The maximum Gasteiger partial charge on any atom is 0.256 e. The summed E-state index contributed by atoms with van der Waals surface area (Å²) in [4.78, 5) is 18.4. The minimum absolute atomic E-state index is 0.0248. The standard InChI is InChI=1S/C19H24N2O2/c1-12-5-8-17-16(11-12)14-3-2-4-15(18(14)20-17)19(23)21(9-10-22)13-6-7-13/h2-4,12-13,20,22H,5-11H2,1H3. The van der Waals surface area contributed by atoms with Gasteiger partial charge in [-0.3, -0.25) is 4.79 Å². The zero-order valence-corrected chi connectivity index (χ0v) is 13.6. The Morgan fingerprint density at radius 2 is 2.17 bits per heavy atom. The average molecular weight is 312 g/mol. The molecular formula is C19H24N2O2. The van der Waals surface area contributed by atoms with Gasteiger partial charge in [-0.25, -0.2) is 0 Å². The van der Waals surface area contributed by atoms with Gasteiger partial charge in [-0.05, 0) is 49.7 Å². The zero-order valence-electron chi connectivity index (χ0n) is 13.6. The Kier molecular flexibility index (Phi) is 3.64. The monoisotopic (exact) mass is 312 g/mol. The van der Waals surface area contributed by atoms with Gasteiger partial charge in [-0.2, -0.15) is 0 Å². The number of aliphatic hydroxyl groups excluding tert-OH is 1. The second-order valence-corrected chi connectivity index (χ2v) is 7.11. The minimum Gasteiger partial charge on any atom is -0.395 e. The number of amides is 1. The van der Waals surface area contributed by atoms with Crippen molar-refractivity contribution in [1.82, 2.24) is 9.88 Å². The normalized spacial score (nSPS) is 20.5. The van der Waals surface area contributed by atoms with E-state index in [2.05, 4.69) is 18.0 Å². The molecule has 0 aliphatic heterocycles. The first-order valence-corrected chi connectivity index (χ1v) is 8.73. The topological polar surface area (TPSA) is 56.3 Å². The molecule has 0 bridgehead atoms. The summed E-state index contributed by atoms with van der Waals surface area (Å²) in [6.07, 6.45) is 5.49. The van der Waals surface area contributed by atoms with Crippen molar-refractivity contribution >= 4 is 16.8 Å². The lowest BCUT2D eigenvalue weighted by atomic mass is 9.87. The average Bonchev–Trinajstić information content (AvgIpc) is 3.33. The van der Waals surface area contributed by atoms with Gasteiger partial charge in [0.15, 0.2) is 0 Å². The van der Waals surface area contributed by atoms with Crippen LogP contribution in [0, 0.1) is 5.92 Å². The number of hydrogen-bond donors (Lipinski definition) is 2. The fourth-order valence-electron chi connectivity index (χ4n) is 3.89. The first-order valence-electron chi connectivity index (χ1n) is 8.73. The third-order valence-corrected chi connectivity index (χ3v) is 5.29. The van der Waals surface area contributed by atoms with E-state index >= 15 is 0 Å². The van der Waals surface area contributed by atoms with Crippen LogP contribution in [0.15, 0.2) is 18.2 Å². The Balaban J connectivity index is 1.77. The van der Waals surface area contributed by atoms with Crippen molar-refractivity contribution in [3.8, 4) is 0 Å². The van der Waals surface area contributed by atoms with Crippen LogP contribution in [0.4, 0.5) is 0 Å². The molecule has 2 N–H and O–H groups in total. The van der Waals surface area contributed by atoms with Gasteiger partial charge in [-0.1, -0.05) is 19.1 Å². The molecule has 2 aliphatic rings. The molecule has 1 aromatic heterocycles. The molecule has 1 atom stereocenters. The summed E-state index contributed by atoms with van der Waals surface area (Å²) in [5.74, 6) is 0.761. The number of carbonyl (C=O) groups excluding carboxylic acids is 1. The molecule has 2 aromatic rings. The molecule has 4 heteroatoms. The molecule has 0 radical (unpaired) electrons. The summed E-state index contributed by atoms with van der Waals surface area (Å²) in [6.45, 7) is 2.75. The third kappa shape index (κ3) is 2.55. The highest BCUT2D eigenvalue weighted by molar-refractivity contribution is 6.07. The number of nitrogens with zero attached hydrogens (tertiary/aromatic N) is 1. The van der Waals surface area contributed by atoms with Crippen LogP contribution in [0.2, 0.25) is 0 Å². The molecule has 0 saturated heterocycles. The van der Waals surface area contributed by atoms with Crippen LogP contribution < -0.4 is 0 Å². The van der Waals surface area contributed by atoms with Crippen molar-refractivity contribution in [2.45, 2.75) is 45.1 Å². The molecule has 1 saturated carbocycles. The highest BCUT2D eigenvalue weighted by atomic mass is 16.3. The van der Waals surface area contributed by atoms with Gasteiger partial charge in [0.25, 0.3) is 5.91 Å². The van der Waals surface area contributed by atoms with Gasteiger partial charge in [0.05, 0.1) is 17.7 Å². The molecule has 23 heavy (non-hydrogen) atoms. The van der Waals surface area contributed by atoms with Gasteiger partial charge in [0, 0.05) is 23.7 Å². The smallest absolute Gasteiger partial charge is 0.256 e. The van der Waals surface area contributed by atoms with Gasteiger partial charge in [0.2, 0.25) is 0 Å². The molecule has 1 aromatic carbocycles. The van der Waals surface area contributed by atoms with Crippen molar-refractivity contribution in [2.75, 3.05) is 13.2 Å². The zero-order chi connectivity index (χ0) is 16.0. The Morgan fingerprint density at radius 1 is 1.35 bits per heavy atom. The lowest BCUT2D eigenvalue weighted by Crippen LogP contribution is -2.35. The first-order chi connectivity index (χ1) is 11.2. The van der Waals surface area contributed by atoms with Crippen molar-refractivity contribution < 1.29 is 9.90 Å². The molecule has 1 unspecified atom stereocenters. The van der Waals surface area contributed by atoms with Crippen molar-refractivity contribution in [3.63, 3.8) is 0 Å². The van der Waals surface area contributed by atoms with E-state index < -0.39 is 0 Å². The summed E-state index contributed by atoms with van der Waals surface area (Å²) in [5, 5.41) is 10.5. The SMILES string of the molecule is CC1CCc2[nH]c3c(C(=O)N(CCO)C4CC4)cccc3c2C1. The van der Waals surface area contributed by atoms with Crippen LogP contribution in [0.1, 0.15) is 47.8 Å². The number of rotatable bonds is 4. The molecule has 122 valence electrons. The summed E-state index contributed by atoms with van der Waals surface area (Å²) in [5.41, 5.74) is 4.44. The number of hydrogen-bond acceptors (Lipinski definition) is 2. The largest absolute Gasteiger partial charge is 0.395 e. The van der Waals surface area contributed by atoms with E-state index in [1.807, 2.05) is 17.0 Å². The first kappa shape index (κ1) is 14.8. The molecule has 4 rings (SSSR count). The number of fused-ring (bicyclic) bond motifs is 3. The molecular weight excluding hydrogens is 288 g/mol. The molecule has 0 spiro atoms. The van der Waals surface area contributed by atoms with Gasteiger partial charge >= 0.3 is 0 Å². The summed E-state index contributed by atoms with van der Waals surface area (Å²) >= 11 is 0. The lowest BCUT2D eigenvalue weighted by molar-refractivity contribution is 0.0709.